The van der Waals surface area contributed by atoms with Gasteiger partial charge >= 0.3 is 0 Å². The third-order valence-corrected chi connectivity index (χ3v) is 3.31. The largest absolute Gasteiger partial charge is 0.392 e. The Balaban J connectivity index is 1.70. The molecule has 2 fully saturated rings. The molecule has 2 aliphatic rings. The Kier molecular flexibility index (Phi) is 2.37. The molecule has 0 heterocycles. The van der Waals surface area contributed by atoms with Gasteiger partial charge in [-0.15, -0.1) is 0 Å². The molecule has 0 saturated heterocycles. The lowest BCUT2D eigenvalue weighted by atomic mass is 10.0. The minimum atomic E-state index is -0.187. The minimum absolute atomic E-state index is 0.187. The van der Waals surface area contributed by atoms with E-state index in [0.29, 0.717) is 0 Å². The normalized spacial score (nSPS) is 42.0. The van der Waals surface area contributed by atoms with Crippen LogP contribution in [0.15, 0.2) is 0 Å². The van der Waals surface area contributed by atoms with Crippen LogP contribution < -0.4 is 5.32 Å². The van der Waals surface area contributed by atoms with Gasteiger partial charge in [0.1, 0.15) is 0 Å². The van der Waals surface area contributed by atoms with Crippen molar-refractivity contribution in [1.82, 2.24) is 5.32 Å². The maximum Gasteiger partial charge on any atom is 0.0636 e. The summed E-state index contributed by atoms with van der Waals surface area (Å²) in [6.45, 7) is 2.62. The molecule has 2 nitrogen and oxygen atoms in total. The lowest BCUT2D eigenvalue weighted by Crippen LogP contribution is -2.27. The Morgan fingerprint density at radius 2 is 1.92 bits per heavy atom. The SMILES string of the molecule is C[C@@H](O)CNC1C2CCCCC21. The smallest absolute Gasteiger partial charge is 0.0636 e. The lowest BCUT2D eigenvalue weighted by molar-refractivity contribution is 0.189. The molecule has 0 bridgehead atoms. The molecule has 0 aromatic heterocycles. The molecule has 2 saturated carbocycles. The van der Waals surface area contributed by atoms with Crippen LogP contribution in [-0.4, -0.2) is 23.8 Å². The highest BCUT2D eigenvalue weighted by Crippen LogP contribution is 2.49. The van der Waals surface area contributed by atoms with Crippen LogP contribution in [0.5, 0.6) is 0 Å². The monoisotopic (exact) mass is 169 g/mol. The van der Waals surface area contributed by atoms with Gasteiger partial charge in [0.15, 0.2) is 0 Å². The van der Waals surface area contributed by atoms with Crippen LogP contribution in [0.25, 0.3) is 0 Å². The second-order valence-corrected chi connectivity index (χ2v) is 4.40. The average Bonchev–Trinajstić information content (AvgIpc) is 2.74. The van der Waals surface area contributed by atoms with Crippen LogP contribution in [0.4, 0.5) is 0 Å². The van der Waals surface area contributed by atoms with Crippen molar-refractivity contribution >= 4 is 0 Å². The van der Waals surface area contributed by atoms with Crippen molar-refractivity contribution in [3.8, 4) is 0 Å². The number of rotatable bonds is 3. The molecule has 0 aromatic rings. The van der Waals surface area contributed by atoms with Crippen molar-refractivity contribution in [3.05, 3.63) is 0 Å². The van der Waals surface area contributed by atoms with Crippen molar-refractivity contribution in [1.29, 1.82) is 0 Å². The number of hydrogen-bond donors (Lipinski definition) is 2. The first-order valence-electron chi connectivity index (χ1n) is 5.20. The summed E-state index contributed by atoms with van der Waals surface area (Å²) >= 11 is 0. The van der Waals surface area contributed by atoms with Gasteiger partial charge in [-0.2, -0.15) is 0 Å². The van der Waals surface area contributed by atoms with Crippen molar-refractivity contribution in [2.24, 2.45) is 11.8 Å². The van der Waals surface area contributed by atoms with Crippen LogP contribution in [0.2, 0.25) is 0 Å². The molecule has 2 heteroatoms. The van der Waals surface area contributed by atoms with Gasteiger partial charge in [-0.1, -0.05) is 12.8 Å². The van der Waals surface area contributed by atoms with E-state index >= 15 is 0 Å². The molecule has 0 spiro atoms. The highest BCUT2D eigenvalue weighted by molar-refractivity contribution is 5.04. The van der Waals surface area contributed by atoms with Gasteiger partial charge in [0, 0.05) is 12.6 Å². The summed E-state index contributed by atoms with van der Waals surface area (Å²) in [5.41, 5.74) is 0. The first-order chi connectivity index (χ1) is 5.79. The fraction of sp³-hybridized carbons (Fsp3) is 1.00. The summed E-state index contributed by atoms with van der Waals surface area (Å²) in [6.07, 6.45) is 5.50. The molecule has 2 aliphatic carbocycles. The summed E-state index contributed by atoms with van der Waals surface area (Å²) in [6, 6.07) is 0.752. The van der Waals surface area contributed by atoms with Gasteiger partial charge < -0.3 is 10.4 Å². The van der Waals surface area contributed by atoms with E-state index in [-0.39, 0.29) is 6.10 Å². The molecule has 2 rings (SSSR count). The summed E-state index contributed by atoms with van der Waals surface area (Å²) in [4.78, 5) is 0. The standard InChI is InChI=1S/C10H19NO/c1-7(12)6-11-10-8-4-2-3-5-9(8)10/h7-12H,2-6H2,1H3/t7-,8?,9?,10?/m1/s1. The molecule has 0 amide bonds. The first kappa shape index (κ1) is 8.52. The van der Waals surface area contributed by atoms with Crippen LogP contribution in [-0.2, 0) is 0 Å². The second-order valence-electron chi connectivity index (χ2n) is 4.40. The van der Waals surface area contributed by atoms with Gasteiger partial charge in [-0.25, -0.2) is 0 Å². The molecule has 70 valence electrons. The van der Waals surface area contributed by atoms with E-state index in [9.17, 15) is 0 Å². The second kappa shape index (κ2) is 3.35. The number of fused-ring (bicyclic) bond motifs is 1. The van der Waals surface area contributed by atoms with E-state index in [2.05, 4.69) is 5.32 Å². The highest BCUT2D eigenvalue weighted by atomic mass is 16.3. The number of hydrogen-bond acceptors (Lipinski definition) is 2. The Bertz CT molecular complexity index is 146. The fourth-order valence-electron chi connectivity index (χ4n) is 2.60. The molecule has 12 heavy (non-hydrogen) atoms. The fourth-order valence-corrected chi connectivity index (χ4v) is 2.60. The van der Waals surface area contributed by atoms with Gasteiger partial charge in [0.05, 0.1) is 6.10 Å². The van der Waals surface area contributed by atoms with Crippen LogP contribution in [0.1, 0.15) is 32.6 Å². The van der Waals surface area contributed by atoms with Crippen molar-refractivity contribution in [3.63, 3.8) is 0 Å². The molecular weight excluding hydrogens is 150 g/mol. The van der Waals surface area contributed by atoms with E-state index < -0.39 is 0 Å². The van der Waals surface area contributed by atoms with Gasteiger partial charge in [0.25, 0.3) is 0 Å². The quantitative estimate of drug-likeness (QED) is 0.664. The Hall–Kier alpha value is -0.0800. The van der Waals surface area contributed by atoms with Crippen molar-refractivity contribution < 1.29 is 5.11 Å². The van der Waals surface area contributed by atoms with Crippen molar-refractivity contribution in [2.45, 2.75) is 44.8 Å². The van der Waals surface area contributed by atoms with E-state index in [4.69, 9.17) is 5.11 Å². The molecule has 0 aromatic carbocycles. The third kappa shape index (κ3) is 1.64. The van der Waals surface area contributed by atoms with Crippen LogP contribution >= 0.6 is 0 Å². The van der Waals surface area contributed by atoms with Crippen LogP contribution in [0.3, 0.4) is 0 Å². The predicted octanol–water partition coefficient (Wildman–Crippen LogP) is 1.15. The number of nitrogens with one attached hydrogen (secondary N) is 1. The molecule has 0 aliphatic heterocycles. The summed E-state index contributed by atoms with van der Waals surface area (Å²) in [5.74, 6) is 1.91. The Morgan fingerprint density at radius 3 is 2.42 bits per heavy atom. The molecule has 0 radical (unpaired) electrons. The zero-order valence-electron chi connectivity index (χ0n) is 7.79. The lowest BCUT2D eigenvalue weighted by Gasteiger charge is -2.05. The van der Waals surface area contributed by atoms with Crippen LogP contribution in [0, 0.1) is 11.8 Å². The van der Waals surface area contributed by atoms with Gasteiger partial charge in [-0.3, -0.25) is 0 Å². The highest BCUT2D eigenvalue weighted by Gasteiger charge is 2.49. The third-order valence-electron chi connectivity index (χ3n) is 3.31. The van der Waals surface area contributed by atoms with Crippen molar-refractivity contribution in [2.75, 3.05) is 6.54 Å². The maximum absolute atomic E-state index is 9.10. The first-order valence-corrected chi connectivity index (χ1v) is 5.20. The number of aliphatic hydroxyl groups is 1. The Labute approximate surface area is 74.4 Å². The van der Waals surface area contributed by atoms with E-state index in [1.165, 1.54) is 25.7 Å². The summed E-state index contributed by atoms with van der Waals surface area (Å²) in [7, 11) is 0. The minimum Gasteiger partial charge on any atom is -0.392 e. The summed E-state index contributed by atoms with van der Waals surface area (Å²) < 4.78 is 0. The average molecular weight is 169 g/mol. The van der Waals surface area contributed by atoms with E-state index in [1.54, 1.807) is 0 Å². The summed E-state index contributed by atoms with van der Waals surface area (Å²) in [5, 5.41) is 12.5. The Morgan fingerprint density at radius 1 is 1.33 bits per heavy atom. The zero-order valence-corrected chi connectivity index (χ0v) is 7.79. The maximum atomic E-state index is 9.10. The van der Waals surface area contributed by atoms with E-state index in [1.807, 2.05) is 6.92 Å². The molecule has 2 N–H and O–H groups in total. The number of aliphatic hydroxyl groups excluding tert-OH is 1. The van der Waals surface area contributed by atoms with Gasteiger partial charge in [0.2, 0.25) is 0 Å². The van der Waals surface area contributed by atoms with E-state index in [0.717, 1.165) is 24.4 Å². The zero-order chi connectivity index (χ0) is 8.55. The predicted molar refractivity (Wildman–Crippen MR) is 48.9 cm³/mol. The molecule has 2 unspecified atom stereocenters. The molecular formula is C10H19NO. The molecule has 3 atom stereocenters. The topological polar surface area (TPSA) is 32.3 Å². The van der Waals surface area contributed by atoms with Gasteiger partial charge in [-0.05, 0) is 31.6 Å².